The molecule has 2 aromatic heterocycles. The van der Waals surface area contributed by atoms with Gasteiger partial charge in [-0.15, -0.1) is 0 Å². The van der Waals surface area contributed by atoms with Crippen molar-refractivity contribution < 1.29 is 4.42 Å². The van der Waals surface area contributed by atoms with Gasteiger partial charge in [0.05, 0.1) is 24.4 Å². The topological polar surface area (TPSA) is 54.2 Å². The quantitative estimate of drug-likeness (QED) is 0.842. The van der Waals surface area contributed by atoms with Crippen molar-refractivity contribution in [2.24, 2.45) is 0 Å². The Hall–Kier alpha value is -1.88. The molecule has 0 saturated heterocycles. The van der Waals surface area contributed by atoms with Crippen LogP contribution in [0.5, 0.6) is 0 Å². The third-order valence-electron chi connectivity index (χ3n) is 2.62. The van der Waals surface area contributed by atoms with Gasteiger partial charge in [0.1, 0.15) is 5.82 Å². The zero-order valence-corrected chi connectivity index (χ0v) is 10.8. The summed E-state index contributed by atoms with van der Waals surface area (Å²) in [7, 11) is 1.99. The van der Waals surface area contributed by atoms with E-state index in [-0.39, 0.29) is 0 Å². The van der Waals surface area contributed by atoms with E-state index < -0.39 is 0 Å². The average molecular weight is 246 g/mol. The molecule has 2 heterocycles. The number of hydrogen-bond acceptors (Lipinski definition) is 5. The summed E-state index contributed by atoms with van der Waals surface area (Å²) < 4.78 is 5.06. The Balaban J connectivity index is 2.03. The first-order valence-electron chi connectivity index (χ1n) is 6.03. The van der Waals surface area contributed by atoms with Crippen LogP contribution in [-0.2, 0) is 13.1 Å². The summed E-state index contributed by atoms with van der Waals surface area (Å²) in [6.45, 7) is 4.51. The summed E-state index contributed by atoms with van der Waals surface area (Å²) in [5, 5.41) is 3.24. The maximum atomic E-state index is 5.06. The van der Waals surface area contributed by atoms with Gasteiger partial charge >= 0.3 is 0 Å². The Morgan fingerprint density at radius 3 is 3.00 bits per heavy atom. The molecule has 0 radical (unpaired) electrons. The number of rotatable bonds is 6. The van der Waals surface area contributed by atoms with E-state index in [9.17, 15) is 0 Å². The van der Waals surface area contributed by atoms with Gasteiger partial charge in [0.15, 0.2) is 0 Å². The first kappa shape index (κ1) is 12.6. The maximum absolute atomic E-state index is 5.06. The fourth-order valence-electron chi connectivity index (χ4n) is 1.65. The van der Waals surface area contributed by atoms with Gasteiger partial charge in [0.2, 0.25) is 0 Å². The number of nitrogens with one attached hydrogen (secondary N) is 1. The van der Waals surface area contributed by atoms with Gasteiger partial charge < -0.3 is 14.6 Å². The molecule has 1 N–H and O–H groups in total. The minimum Gasteiger partial charge on any atom is -0.472 e. The molecule has 0 aliphatic rings. The molecule has 0 atom stereocenters. The fourth-order valence-corrected chi connectivity index (χ4v) is 1.65. The molecule has 18 heavy (non-hydrogen) atoms. The predicted octanol–water partition coefficient (Wildman–Crippen LogP) is 1.82. The number of furan rings is 1. The van der Waals surface area contributed by atoms with E-state index in [2.05, 4.69) is 22.2 Å². The van der Waals surface area contributed by atoms with Gasteiger partial charge in [0.25, 0.3) is 0 Å². The van der Waals surface area contributed by atoms with Crippen molar-refractivity contribution in [3.63, 3.8) is 0 Å². The lowest BCUT2D eigenvalue weighted by Gasteiger charge is -2.17. The summed E-state index contributed by atoms with van der Waals surface area (Å²) >= 11 is 0. The zero-order valence-electron chi connectivity index (χ0n) is 10.8. The maximum Gasteiger partial charge on any atom is 0.147 e. The lowest BCUT2D eigenvalue weighted by Crippen LogP contribution is -2.19. The molecule has 0 spiro atoms. The minimum absolute atomic E-state index is 0.747. The second-order valence-corrected chi connectivity index (χ2v) is 4.14. The molecular formula is C13H18N4O. The first-order valence-corrected chi connectivity index (χ1v) is 6.03. The van der Waals surface area contributed by atoms with E-state index >= 15 is 0 Å². The third-order valence-corrected chi connectivity index (χ3v) is 2.62. The molecule has 5 heteroatoms. The lowest BCUT2D eigenvalue weighted by molar-refractivity contribution is 0.563. The molecule has 0 saturated carbocycles. The van der Waals surface area contributed by atoms with Crippen LogP contribution in [0.3, 0.4) is 0 Å². The van der Waals surface area contributed by atoms with Crippen molar-refractivity contribution >= 4 is 5.82 Å². The molecule has 0 amide bonds. The van der Waals surface area contributed by atoms with E-state index in [1.807, 2.05) is 18.0 Å². The van der Waals surface area contributed by atoms with Crippen LogP contribution in [-0.4, -0.2) is 23.6 Å². The Bertz CT molecular complexity index is 470. The summed E-state index contributed by atoms with van der Waals surface area (Å²) in [6, 6.07) is 1.95. The Morgan fingerprint density at radius 2 is 2.28 bits per heavy atom. The third kappa shape index (κ3) is 3.30. The average Bonchev–Trinajstić information content (AvgIpc) is 2.89. The van der Waals surface area contributed by atoms with Crippen molar-refractivity contribution in [1.29, 1.82) is 0 Å². The smallest absolute Gasteiger partial charge is 0.147 e. The van der Waals surface area contributed by atoms with Crippen molar-refractivity contribution in [2.75, 3.05) is 18.5 Å². The van der Waals surface area contributed by atoms with E-state index in [1.54, 1.807) is 24.9 Å². The highest BCUT2D eigenvalue weighted by Gasteiger charge is 2.06. The number of anilines is 1. The van der Waals surface area contributed by atoms with Gasteiger partial charge in [-0.3, -0.25) is 4.98 Å². The summed E-state index contributed by atoms with van der Waals surface area (Å²) in [5.74, 6) is 0.867. The van der Waals surface area contributed by atoms with Crippen LogP contribution < -0.4 is 10.2 Å². The summed E-state index contributed by atoms with van der Waals surface area (Å²) in [6.07, 6.45) is 6.98. The number of aromatic nitrogens is 2. The normalized spacial score (nSPS) is 10.6. The minimum atomic E-state index is 0.747. The highest BCUT2D eigenvalue weighted by molar-refractivity contribution is 5.36. The van der Waals surface area contributed by atoms with Crippen LogP contribution in [0.1, 0.15) is 18.2 Å². The van der Waals surface area contributed by atoms with Gasteiger partial charge in [-0.2, -0.15) is 0 Å². The van der Waals surface area contributed by atoms with E-state index in [1.165, 1.54) is 0 Å². The highest BCUT2D eigenvalue weighted by atomic mass is 16.3. The van der Waals surface area contributed by atoms with Gasteiger partial charge in [-0.1, -0.05) is 6.92 Å². The molecule has 2 aromatic rings. The van der Waals surface area contributed by atoms with Gasteiger partial charge in [-0.25, -0.2) is 4.98 Å². The first-order chi connectivity index (χ1) is 8.79. The zero-order chi connectivity index (χ0) is 12.8. The standard InChI is InChI=1S/C13H18N4O/c1-3-14-6-12-7-15-8-13(16-12)17(2)9-11-4-5-18-10-11/h4-5,7-8,10,14H,3,6,9H2,1-2H3. The number of nitrogens with zero attached hydrogens (tertiary/aromatic N) is 3. The van der Waals surface area contributed by atoms with Crippen molar-refractivity contribution in [1.82, 2.24) is 15.3 Å². The van der Waals surface area contributed by atoms with Gasteiger partial charge in [0, 0.05) is 31.9 Å². The molecular weight excluding hydrogens is 228 g/mol. The predicted molar refractivity (Wildman–Crippen MR) is 70.2 cm³/mol. The second kappa shape index (κ2) is 6.16. The van der Waals surface area contributed by atoms with Crippen molar-refractivity contribution in [3.8, 4) is 0 Å². The summed E-state index contributed by atoms with van der Waals surface area (Å²) in [4.78, 5) is 10.8. The largest absolute Gasteiger partial charge is 0.472 e. The molecule has 0 bridgehead atoms. The second-order valence-electron chi connectivity index (χ2n) is 4.14. The molecule has 0 unspecified atom stereocenters. The highest BCUT2D eigenvalue weighted by Crippen LogP contribution is 2.12. The fraction of sp³-hybridized carbons (Fsp3) is 0.385. The summed E-state index contributed by atoms with van der Waals surface area (Å²) in [5.41, 5.74) is 2.07. The van der Waals surface area contributed by atoms with Crippen LogP contribution in [0.2, 0.25) is 0 Å². The molecule has 96 valence electrons. The van der Waals surface area contributed by atoms with Crippen LogP contribution in [0.15, 0.2) is 35.4 Å². The molecule has 0 fully saturated rings. The van der Waals surface area contributed by atoms with Crippen molar-refractivity contribution in [3.05, 3.63) is 42.2 Å². The van der Waals surface area contributed by atoms with E-state index in [4.69, 9.17) is 4.42 Å². The monoisotopic (exact) mass is 246 g/mol. The molecule has 5 nitrogen and oxygen atoms in total. The molecule has 2 rings (SSSR count). The van der Waals surface area contributed by atoms with Gasteiger partial charge in [-0.05, 0) is 12.6 Å². The van der Waals surface area contributed by atoms with Crippen LogP contribution in [0.4, 0.5) is 5.82 Å². The lowest BCUT2D eigenvalue weighted by atomic mass is 10.3. The van der Waals surface area contributed by atoms with Crippen LogP contribution in [0.25, 0.3) is 0 Å². The van der Waals surface area contributed by atoms with Crippen LogP contribution in [0, 0.1) is 0 Å². The molecule has 0 aromatic carbocycles. The number of hydrogen-bond donors (Lipinski definition) is 1. The van der Waals surface area contributed by atoms with E-state index in [0.29, 0.717) is 0 Å². The SMILES string of the molecule is CCNCc1cncc(N(C)Cc2ccoc2)n1. The molecule has 0 aliphatic heterocycles. The Labute approximate surface area is 107 Å². The van der Waals surface area contributed by atoms with Crippen molar-refractivity contribution in [2.45, 2.75) is 20.0 Å². The molecule has 0 aliphatic carbocycles. The van der Waals surface area contributed by atoms with E-state index in [0.717, 1.165) is 36.7 Å². The Kier molecular flexibility index (Phi) is 4.30. The van der Waals surface area contributed by atoms with Crippen LogP contribution >= 0.6 is 0 Å². The Morgan fingerprint density at radius 1 is 1.39 bits per heavy atom.